The average Bonchev–Trinajstić information content (AvgIpc) is 2.26. The van der Waals surface area contributed by atoms with Crippen molar-refractivity contribution < 1.29 is 19.4 Å². The van der Waals surface area contributed by atoms with E-state index in [2.05, 4.69) is 10.2 Å². The number of rotatable bonds is 5. The summed E-state index contributed by atoms with van der Waals surface area (Å²) in [7, 11) is 0. The largest absolute Gasteiger partial charge is 0.480 e. The molecule has 0 aromatic carbocycles. The minimum absolute atomic E-state index is 0.0738. The maximum Gasteiger partial charge on any atom is 0.325 e. The highest BCUT2D eigenvalue weighted by Gasteiger charge is 2.35. The molecule has 6 nitrogen and oxygen atoms in total. The van der Waals surface area contributed by atoms with Crippen LogP contribution in [0.15, 0.2) is 0 Å². The van der Waals surface area contributed by atoms with Crippen LogP contribution in [0, 0.1) is 5.92 Å². The number of carboxylic acids is 1. The summed E-state index contributed by atoms with van der Waals surface area (Å²) in [6.07, 6.45) is 0.148. The molecule has 1 saturated heterocycles. The molecule has 1 amide bonds. The number of carboxylic acid groups (broad SMARTS) is 1. The van der Waals surface area contributed by atoms with Crippen molar-refractivity contribution in [2.45, 2.75) is 58.9 Å². The van der Waals surface area contributed by atoms with Gasteiger partial charge < -0.3 is 15.2 Å². The van der Waals surface area contributed by atoms with Crippen molar-refractivity contribution in [2.24, 2.45) is 5.92 Å². The average molecular weight is 286 g/mol. The maximum atomic E-state index is 12.4. The predicted octanol–water partition coefficient (Wildman–Crippen LogP) is 0.710. The van der Waals surface area contributed by atoms with Gasteiger partial charge in [0.15, 0.2) is 0 Å². The van der Waals surface area contributed by atoms with Gasteiger partial charge in [-0.05, 0) is 26.7 Å². The Labute approximate surface area is 120 Å². The minimum atomic E-state index is -1.02. The molecule has 1 aliphatic heterocycles. The molecule has 1 fully saturated rings. The van der Waals surface area contributed by atoms with Crippen LogP contribution < -0.4 is 5.32 Å². The third kappa shape index (κ3) is 4.45. The number of aliphatic carboxylic acids is 1. The Morgan fingerprint density at radius 3 is 2.10 bits per heavy atom. The maximum absolute atomic E-state index is 12.4. The molecule has 1 aliphatic rings. The van der Waals surface area contributed by atoms with Crippen molar-refractivity contribution in [3.8, 4) is 0 Å². The Kier molecular flexibility index (Phi) is 5.95. The molecule has 2 N–H and O–H groups in total. The van der Waals surface area contributed by atoms with E-state index in [0.717, 1.165) is 0 Å². The molecule has 0 spiro atoms. The van der Waals surface area contributed by atoms with Crippen LogP contribution in [-0.2, 0) is 14.3 Å². The fraction of sp³-hybridized carbons (Fsp3) is 0.857. The minimum Gasteiger partial charge on any atom is -0.480 e. The summed E-state index contributed by atoms with van der Waals surface area (Å²) in [6, 6.07) is -1.20. The zero-order chi connectivity index (χ0) is 15.4. The van der Waals surface area contributed by atoms with E-state index in [9.17, 15) is 9.59 Å². The van der Waals surface area contributed by atoms with Gasteiger partial charge in [0.25, 0.3) is 0 Å². The smallest absolute Gasteiger partial charge is 0.325 e. The molecular formula is C14H26N2O4. The number of hydrogen-bond donors (Lipinski definition) is 2. The van der Waals surface area contributed by atoms with Crippen LogP contribution >= 0.6 is 0 Å². The van der Waals surface area contributed by atoms with Crippen LogP contribution in [0.4, 0.5) is 0 Å². The summed E-state index contributed by atoms with van der Waals surface area (Å²) in [5, 5.41) is 11.5. The molecule has 0 saturated carbocycles. The highest BCUT2D eigenvalue weighted by atomic mass is 16.5. The molecule has 116 valence electrons. The molecule has 20 heavy (non-hydrogen) atoms. The molecule has 1 rings (SSSR count). The van der Waals surface area contributed by atoms with Crippen molar-refractivity contribution in [1.82, 2.24) is 10.2 Å². The second-order valence-corrected chi connectivity index (χ2v) is 5.97. The van der Waals surface area contributed by atoms with Crippen molar-refractivity contribution in [3.63, 3.8) is 0 Å². The third-order valence-electron chi connectivity index (χ3n) is 3.47. The lowest BCUT2D eigenvalue weighted by molar-refractivity contribution is -0.144. The van der Waals surface area contributed by atoms with E-state index in [1.54, 1.807) is 0 Å². The molecule has 0 aliphatic carbocycles. The molecule has 0 bridgehead atoms. The Morgan fingerprint density at radius 2 is 1.70 bits per heavy atom. The number of morpholine rings is 1. The first-order valence-electron chi connectivity index (χ1n) is 7.15. The van der Waals surface area contributed by atoms with Gasteiger partial charge in [-0.15, -0.1) is 0 Å². The van der Waals surface area contributed by atoms with Gasteiger partial charge in [-0.25, -0.2) is 0 Å². The summed E-state index contributed by atoms with van der Waals surface area (Å²) in [5.41, 5.74) is 0. The second-order valence-electron chi connectivity index (χ2n) is 5.97. The molecular weight excluding hydrogens is 260 g/mol. The number of carbonyl (C=O) groups is 2. The summed E-state index contributed by atoms with van der Waals surface area (Å²) < 4.78 is 5.68. The van der Waals surface area contributed by atoms with Gasteiger partial charge in [-0.2, -0.15) is 0 Å². The topological polar surface area (TPSA) is 78.9 Å². The van der Waals surface area contributed by atoms with Gasteiger partial charge >= 0.3 is 5.97 Å². The van der Waals surface area contributed by atoms with Crippen LogP contribution in [0.2, 0.25) is 0 Å². The lowest BCUT2D eigenvalue weighted by Crippen LogP contribution is -2.58. The van der Waals surface area contributed by atoms with Gasteiger partial charge in [0.1, 0.15) is 6.04 Å². The van der Waals surface area contributed by atoms with Crippen LogP contribution in [0.3, 0.4) is 0 Å². The Hall–Kier alpha value is -1.14. The number of ether oxygens (including phenoxy) is 1. The van der Waals surface area contributed by atoms with Crippen molar-refractivity contribution in [1.29, 1.82) is 0 Å². The fourth-order valence-corrected chi connectivity index (χ4v) is 2.70. The number of hydrogen-bond acceptors (Lipinski definition) is 4. The van der Waals surface area contributed by atoms with E-state index >= 15 is 0 Å². The number of nitrogens with one attached hydrogen (secondary N) is 1. The van der Waals surface area contributed by atoms with E-state index in [-0.39, 0.29) is 30.1 Å². The second kappa shape index (κ2) is 7.04. The Bertz CT molecular complexity index is 349. The van der Waals surface area contributed by atoms with Crippen LogP contribution in [0.5, 0.6) is 0 Å². The monoisotopic (exact) mass is 286 g/mol. The highest BCUT2D eigenvalue weighted by molar-refractivity contribution is 5.86. The molecule has 6 heteroatoms. The lowest BCUT2D eigenvalue weighted by atomic mass is 9.99. The molecule has 1 heterocycles. The van der Waals surface area contributed by atoms with E-state index < -0.39 is 12.0 Å². The zero-order valence-corrected chi connectivity index (χ0v) is 12.9. The van der Waals surface area contributed by atoms with Gasteiger partial charge in [-0.3, -0.25) is 14.5 Å². The first kappa shape index (κ1) is 16.9. The van der Waals surface area contributed by atoms with Crippen LogP contribution in [0.25, 0.3) is 0 Å². The summed E-state index contributed by atoms with van der Waals surface area (Å²) in [5.74, 6) is -1.14. The molecule has 4 atom stereocenters. The molecule has 0 aromatic heterocycles. The lowest BCUT2D eigenvalue weighted by Gasteiger charge is -2.41. The van der Waals surface area contributed by atoms with Crippen molar-refractivity contribution in [3.05, 3.63) is 0 Å². The van der Waals surface area contributed by atoms with E-state index in [1.165, 1.54) is 6.92 Å². The Morgan fingerprint density at radius 1 is 1.20 bits per heavy atom. The Balaban J connectivity index is 2.77. The number of nitrogens with zero attached hydrogens (tertiary/aromatic N) is 1. The van der Waals surface area contributed by atoms with Crippen molar-refractivity contribution >= 4 is 11.9 Å². The highest BCUT2D eigenvalue weighted by Crippen LogP contribution is 2.18. The summed E-state index contributed by atoms with van der Waals surface area (Å²) in [4.78, 5) is 25.3. The van der Waals surface area contributed by atoms with Crippen LogP contribution in [0.1, 0.15) is 34.6 Å². The van der Waals surface area contributed by atoms with E-state index in [4.69, 9.17) is 9.84 Å². The van der Waals surface area contributed by atoms with Gasteiger partial charge in [0.2, 0.25) is 5.91 Å². The molecule has 0 aromatic rings. The zero-order valence-electron chi connectivity index (χ0n) is 12.9. The quantitative estimate of drug-likeness (QED) is 0.778. The normalized spacial score (nSPS) is 27.1. The first-order valence-corrected chi connectivity index (χ1v) is 7.15. The SMILES string of the molecule is CC1CN(C(C(=O)N[C@@H](C)C(=O)O)C(C)C)CC(C)O1. The van der Waals surface area contributed by atoms with Gasteiger partial charge in [0.05, 0.1) is 18.2 Å². The summed E-state index contributed by atoms with van der Waals surface area (Å²) >= 11 is 0. The van der Waals surface area contributed by atoms with Gasteiger partial charge in [0, 0.05) is 13.1 Å². The fourth-order valence-electron chi connectivity index (χ4n) is 2.70. The van der Waals surface area contributed by atoms with Gasteiger partial charge in [-0.1, -0.05) is 13.8 Å². The molecule has 0 radical (unpaired) electrons. The first-order chi connectivity index (χ1) is 9.22. The summed E-state index contributed by atoms with van der Waals surface area (Å²) in [6.45, 7) is 10.8. The molecule has 3 unspecified atom stereocenters. The van der Waals surface area contributed by atoms with Crippen molar-refractivity contribution in [2.75, 3.05) is 13.1 Å². The number of amides is 1. The van der Waals surface area contributed by atoms with Crippen LogP contribution in [-0.4, -0.2) is 59.3 Å². The third-order valence-corrected chi connectivity index (χ3v) is 3.47. The predicted molar refractivity (Wildman–Crippen MR) is 75.4 cm³/mol. The van der Waals surface area contributed by atoms with E-state index in [1.807, 2.05) is 27.7 Å². The number of carbonyl (C=O) groups excluding carboxylic acids is 1. The van der Waals surface area contributed by atoms with E-state index in [0.29, 0.717) is 13.1 Å². The standard InChI is InChI=1S/C14H26N2O4/c1-8(2)12(13(17)15-11(5)14(18)19)16-6-9(3)20-10(4)7-16/h8-12H,6-7H2,1-5H3,(H,15,17)(H,18,19)/t9?,10?,11-,12?/m0/s1.